The molecule has 0 unspecified atom stereocenters. The minimum absolute atomic E-state index is 0.655. The Labute approximate surface area is 278 Å². The Morgan fingerprint density at radius 2 is 0.674 bits per heavy atom. The molecule has 1 aliphatic heterocycles. The first-order valence-corrected chi connectivity index (χ1v) is 25.3. The monoisotopic (exact) mass is 804 g/mol. The van der Waals surface area contributed by atoms with Crippen molar-refractivity contribution in [3.05, 3.63) is 0 Å². The molecule has 0 saturated carbocycles. The zero-order valence-corrected chi connectivity index (χ0v) is 35.8. The molecular weight excluding hydrogens is 753 g/mol. The van der Waals surface area contributed by atoms with Gasteiger partial charge in [-0.3, -0.25) is 0 Å². The van der Waals surface area contributed by atoms with Gasteiger partial charge in [0, 0.05) is 97.5 Å². The van der Waals surface area contributed by atoms with Crippen LogP contribution >= 0.6 is 0 Å². The molecule has 1 heterocycles. The van der Waals surface area contributed by atoms with Gasteiger partial charge in [-0.2, -0.15) is 0 Å². The molecular formula is C17H52O22Si7. The molecule has 46 heavy (non-hydrogen) atoms. The van der Waals surface area contributed by atoms with E-state index in [2.05, 4.69) is 0 Å². The number of hydrogen-bond donors (Lipinski definition) is 4. The van der Waals surface area contributed by atoms with Crippen LogP contribution in [0.2, 0.25) is 6.55 Å². The van der Waals surface area contributed by atoms with Crippen molar-refractivity contribution in [3.63, 3.8) is 0 Å². The van der Waals surface area contributed by atoms with Crippen molar-refractivity contribution in [2.75, 3.05) is 90.9 Å². The Bertz CT molecular complexity index is 725. The summed E-state index contributed by atoms with van der Waals surface area (Å²) in [5.41, 5.74) is 0. The van der Waals surface area contributed by atoms with Crippen LogP contribution in [-0.4, -0.2) is 173 Å². The van der Waals surface area contributed by atoms with Crippen molar-refractivity contribution in [2.45, 2.75) is 27.3 Å². The molecule has 1 saturated heterocycles. The standard InChI is InChI=1S/C10H30O15Si5.C7H18O3Si.H4O4Si/c1-11-26(12-2,13-3)21-30(20-10)24-28(16-6,17-7)22-27(14-4,15-5)23-29(18-8,19-9)25-30;1-5-8-11(4,9-6-2)10-7-3;1-5(2,3)4/h1-10H3;5-7H2,1-4H3;1-4H. The Morgan fingerprint density at radius 1 is 0.457 bits per heavy atom. The second kappa shape index (κ2) is 22.5. The highest BCUT2D eigenvalue weighted by molar-refractivity contribution is 6.85. The van der Waals surface area contributed by atoms with Crippen molar-refractivity contribution in [1.82, 2.24) is 0 Å². The predicted octanol–water partition coefficient (Wildman–Crippen LogP) is -2.22. The summed E-state index contributed by atoms with van der Waals surface area (Å²) in [6.45, 7) is 9.73. The lowest BCUT2D eigenvalue weighted by molar-refractivity contribution is -0.0902. The molecule has 0 spiro atoms. The van der Waals surface area contributed by atoms with Crippen molar-refractivity contribution >= 4 is 63.1 Å². The zero-order valence-electron chi connectivity index (χ0n) is 28.8. The van der Waals surface area contributed by atoms with E-state index in [1.165, 1.54) is 71.1 Å². The van der Waals surface area contributed by atoms with Gasteiger partial charge >= 0.3 is 63.1 Å². The molecule has 1 fully saturated rings. The summed E-state index contributed by atoms with van der Waals surface area (Å²) in [6, 6.07) is 0. The maximum Gasteiger partial charge on any atom is 0.673 e. The van der Waals surface area contributed by atoms with Crippen LogP contribution in [-0.2, 0) is 78.1 Å². The third-order valence-corrected chi connectivity index (χ3v) is 22.4. The molecule has 4 N–H and O–H groups in total. The molecule has 0 aromatic carbocycles. The minimum atomic E-state index is -4.61. The summed E-state index contributed by atoms with van der Waals surface area (Å²) in [5.74, 6) is 0. The maximum absolute atomic E-state index is 7.33. The Hall–Kier alpha value is 0.638. The molecule has 0 radical (unpaired) electrons. The van der Waals surface area contributed by atoms with Gasteiger partial charge in [0.05, 0.1) is 0 Å². The Morgan fingerprint density at radius 3 is 0.848 bits per heavy atom. The van der Waals surface area contributed by atoms with Gasteiger partial charge < -0.3 is 97.3 Å². The van der Waals surface area contributed by atoms with Crippen LogP contribution in [0.3, 0.4) is 0 Å². The molecule has 0 aliphatic carbocycles. The van der Waals surface area contributed by atoms with E-state index in [1.807, 2.05) is 27.3 Å². The Balaban J connectivity index is 0. The highest BCUT2D eigenvalue weighted by atomic mass is 28.6. The fourth-order valence-corrected chi connectivity index (χ4v) is 21.2. The zero-order chi connectivity index (χ0) is 36.3. The first-order chi connectivity index (χ1) is 21.3. The van der Waals surface area contributed by atoms with Crippen LogP contribution in [0, 0.1) is 0 Å². The lowest BCUT2D eigenvalue weighted by atomic mass is 10.9. The molecule has 0 amide bonds. The van der Waals surface area contributed by atoms with Gasteiger partial charge in [-0.05, 0) is 20.8 Å². The van der Waals surface area contributed by atoms with Gasteiger partial charge in [-0.25, -0.2) is 0 Å². The highest BCUT2D eigenvalue weighted by Gasteiger charge is 2.76. The first-order valence-electron chi connectivity index (χ1n) is 13.2. The van der Waals surface area contributed by atoms with E-state index in [9.17, 15) is 0 Å². The summed E-state index contributed by atoms with van der Waals surface area (Å²) >= 11 is 0. The van der Waals surface area contributed by atoms with Crippen LogP contribution in [0.5, 0.6) is 0 Å². The van der Waals surface area contributed by atoms with E-state index in [0.717, 1.165) is 0 Å². The van der Waals surface area contributed by atoms with Gasteiger partial charge in [0.25, 0.3) is 0 Å². The molecule has 0 aromatic rings. The molecule has 0 atom stereocenters. The van der Waals surface area contributed by atoms with E-state index >= 15 is 0 Å². The second-order valence-corrected chi connectivity index (χ2v) is 24.8. The minimum Gasteiger partial charge on any atom is -0.374 e. The van der Waals surface area contributed by atoms with Gasteiger partial charge in [0.2, 0.25) is 0 Å². The van der Waals surface area contributed by atoms with Gasteiger partial charge in [-0.1, -0.05) is 0 Å². The lowest BCUT2D eigenvalue weighted by Crippen LogP contribution is -2.76. The van der Waals surface area contributed by atoms with Crippen molar-refractivity contribution in [1.29, 1.82) is 0 Å². The highest BCUT2D eigenvalue weighted by Crippen LogP contribution is 2.35. The predicted molar refractivity (Wildman–Crippen MR) is 165 cm³/mol. The molecule has 22 nitrogen and oxygen atoms in total. The summed E-state index contributed by atoms with van der Waals surface area (Å²) in [6.07, 6.45) is 0. The summed E-state index contributed by atoms with van der Waals surface area (Å²) < 4.78 is 99.8. The molecule has 280 valence electrons. The number of rotatable bonds is 18. The van der Waals surface area contributed by atoms with Crippen molar-refractivity contribution < 1.29 is 97.3 Å². The smallest absolute Gasteiger partial charge is 0.374 e. The quantitative estimate of drug-likeness (QED) is 0.107. The first kappa shape index (κ1) is 48.8. The van der Waals surface area contributed by atoms with E-state index in [1.54, 1.807) is 0 Å². The molecule has 1 aliphatic rings. The van der Waals surface area contributed by atoms with Crippen molar-refractivity contribution in [3.8, 4) is 0 Å². The normalized spacial score (nSPS) is 19.2. The van der Waals surface area contributed by atoms with E-state index in [4.69, 9.17) is 97.3 Å². The SMILES string of the molecule is CCO[Si](C)(OCC)OCC.CO[Si](OC)(OC)O[Si]1(OC)O[Si](OC)(OC)O[Si](OC)(OC)O[Si](OC)(OC)O1.O[Si](O)(O)O. The van der Waals surface area contributed by atoms with Crippen LogP contribution in [0.1, 0.15) is 20.8 Å². The molecule has 0 aromatic heterocycles. The lowest BCUT2D eigenvalue weighted by Gasteiger charge is -2.44. The van der Waals surface area contributed by atoms with E-state index in [-0.39, 0.29) is 0 Å². The molecule has 0 bridgehead atoms. The Kier molecular flexibility index (Phi) is 23.8. The van der Waals surface area contributed by atoms with Crippen LogP contribution < -0.4 is 0 Å². The van der Waals surface area contributed by atoms with Gasteiger partial charge in [0.15, 0.2) is 0 Å². The van der Waals surface area contributed by atoms with Crippen molar-refractivity contribution in [2.24, 2.45) is 0 Å². The summed E-state index contributed by atoms with van der Waals surface area (Å²) in [5, 5.41) is 0. The fraction of sp³-hybridized carbons (Fsp3) is 1.00. The van der Waals surface area contributed by atoms with E-state index < -0.39 is 63.1 Å². The molecule has 1 rings (SSSR count). The second-order valence-electron chi connectivity index (χ2n) is 7.81. The van der Waals surface area contributed by atoms with Gasteiger partial charge in [0.1, 0.15) is 0 Å². The number of hydrogen-bond acceptors (Lipinski definition) is 22. The topological polar surface area (TPSA) is 247 Å². The average molecular weight is 805 g/mol. The third-order valence-electron chi connectivity index (χ3n) is 4.97. The van der Waals surface area contributed by atoms with E-state index in [0.29, 0.717) is 19.8 Å². The van der Waals surface area contributed by atoms with Crippen LogP contribution in [0.15, 0.2) is 0 Å². The fourth-order valence-electron chi connectivity index (χ4n) is 3.05. The van der Waals surface area contributed by atoms with Crippen LogP contribution in [0.4, 0.5) is 0 Å². The third kappa shape index (κ3) is 16.1. The average Bonchev–Trinajstić information content (AvgIpc) is 3.01. The molecule has 29 heteroatoms. The summed E-state index contributed by atoms with van der Waals surface area (Å²) in [7, 11) is -14.5. The van der Waals surface area contributed by atoms with Crippen LogP contribution in [0.25, 0.3) is 0 Å². The van der Waals surface area contributed by atoms with Gasteiger partial charge in [-0.15, -0.1) is 0 Å². The maximum atomic E-state index is 7.33. The largest absolute Gasteiger partial charge is 0.673 e. The summed E-state index contributed by atoms with van der Waals surface area (Å²) in [4.78, 5) is 29.3.